The van der Waals surface area contributed by atoms with Crippen LogP contribution in [0.2, 0.25) is 0 Å². The maximum absolute atomic E-state index is 12.4. The minimum atomic E-state index is -0.293. The Balaban J connectivity index is 1.77. The van der Waals surface area contributed by atoms with Gasteiger partial charge in [-0.1, -0.05) is 19.1 Å². The molecule has 0 unspecified atom stereocenters. The lowest BCUT2D eigenvalue weighted by Crippen LogP contribution is -2.22. The van der Waals surface area contributed by atoms with Crippen LogP contribution in [0, 0.1) is 0 Å². The van der Waals surface area contributed by atoms with Gasteiger partial charge in [-0.25, -0.2) is 9.78 Å². The predicted octanol–water partition coefficient (Wildman–Crippen LogP) is 3.17. The highest BCUT2D eigenvalue weighted by molar-refractivity contribution is 7.12. The summed E-state index contributed by atoms with van der Waals surface area (Å²) in [4.78, 5) is 28.6. The molecule has 0 fully saturated rings. The summed E-state index contributed by atoms with van der Waals surface area (Å²) in [5.74, 6) is -0.0995. The van der Waals surface area contributed by atoms with E-state index in [1.54, 1.807) is 12.3 Å². The van der Waals surface area contributed by atoms with E-state index in [2.05, 4.69) is 10.3 Å². The van der Waals surface area contributed by atoms with Gasteiger partial charge in [0.2, 0.25) is 0 Å². The van der Waals surface area contributed by atoms with E-state index in [0.717, 1.165) is 22.4 Å². The Bertz CT molecular complexity index is 914. The monoisotopic (exact) mass is 339 g/mol. The van der Waals surface area contributed by atoms with Gasteiger partial charge in [-0.2, -0.15) is 0 Å². The minimum Gasteiger partial charge on any atom is -0.321 e. The molecule has 0 spiro atoms. The number of nitrogens with one attached hydrogen (secondary N) is 1. The van der Waals surface area contributed by atoms with E-state index in [0.29, 0.717) is 12.2 Å². The zero-order valence-corrected chi connectivity index (χ0v) is 14.0. The fourth-order valence-corrected chi connectivity index (χ4v) is 3.34. The standard InChI is InChI=1S/C18H17N3O2S/c1-2-14-7-10-24-16(14)17(22)20-15-6-3-5-13(11-15)12-21-9-4-8-19-18(21)23/h3-11H,2,12H2,1H3,(H,20,22). The molecule has 0 saturated heterocycles. The van der Waals surface area contributed by atoms with Crippen LogP contribution in [-0.4, -0.2) is 15.5 Å². The Morgan fingerprint density at radius 2 is 2.17 bits per heavy atom. The summed E-state index contributed by atoms with van der Waals surface area (Å²) in [6.45, 7) is 2.45. The second-order valence-electron chi connectivity index (χ2n) is 5.31. The van der Waals surface area contributed by atoms with Crippen molar-refractivity contribution in [2.24, 2.45) is 0 Å². The first-order chi connectivity index (χ1) is 11.7. The van der Waals surface area contributed by atoms with Crippen LogP contribution in [-0.2, 0) is 13.0 Å². The molecule has 24 heavy (non-hydrogen) atoms. The second-order valence-corrected chi connectivity index (χ2v) is 6.23. The molecule has 2 heterocycles. The van der Waals surface area contributed by atoms with Crippen molar-refractivity contribution in [1.82, 2.24) is 9.55 Å². The van der Waals surface area contributed by atoms with Crippen molar-refractivity contribution in [2.45, 2.75) is 19.9 Å². The molecular formula is C18H17N3O2S. The van der Waals surface area contributed by atoms with Gasteiger partial charge < -0.3 is 5.32 Å². The molecule has 3 rings (SSSR count). The van der Waals surface area contributed by atoms with Gasteiger partial charge in [-0.3, -0.25) is 9.36 Å². The fraction of sp³-hybridized carbons (Fsp3) is 0.167. The number of aryl methyl sites for hydroxylation is 1. The molecule has 0 atom stereocenters. The van der Waals surface area contributed by atoms with Gasteiger partial charge in [0.25, 0.3) is 5.91 Å². The smallest absolute Gasteiger partial charge is 0.321 e. The molecule has 6 heteroatoms. The maximum Gasteiger partial charge on any atom is 0.347 e. The molecule has 0 radical (unpaired) electrons. The summed E-state index contributed by atoms with van der Waals surface area (Å²) in [6.07, 6.45) is 4.00. The third-order valence-electron chi connectivity index (χ3n) is 3.65. The van der Waals surface area contributed by atoms with Crippen LogP contribution in [0.15, 0.2) is 59.0 Å². The topological polar surface area (TPSA) is 64.0 Å². The summed E-state index contributed by atoms with van der Waals surface area (Å²) < 4.78 is 1.52. The molecule has 0 aliphatic heterocycles. The molecule has 3 aromatic rings. The summed E-state index contributed by atoms with van der Waals surface area (Å²) >= 11 is 1.44. The van der Waals surface area contributed by atoms with Crippen molar-refractivity contribution in [3.05, 3.63) is 80.7 Å². The first-order valence-electron chi connectivity index (χ1n) is 7.65. The largest absolute Gasteiger partial charge is 0.347 e. The third-order valence-corrected chi connectivity index (χ3v) is 4.61. The Hall–Kier alpha value is -2.73. The minimum absolute atomic E-state index is 0.0995. The van der Waals surface area contributed by atoms with Gasteiger partial charge in [0.05, 0.1) is 11.4 Å². The third kappa shape index (κ3) is 3.60. The lowest BCUT2D eigenvalue weighted by Gasteiger charge is -2.09. The number of hydrogen-bond donors (Lipinski definition) is 1. The number of hydrogen-bond acceptors (Lipinski definition) is 4. The number of carbonyl (C=O) groups is 1. The SMILES string of the molecule is CCc1ccsc1C(=O)Nc1cccc(Cn2cccnc2=O)c1. The molecule has 1 N–H and O–H groups in total. The Morgan fingerprint density at radius 1 is 1.29 bits per heavy atom. The van der Waals surface area contributed by atoms with Crippen LogP contribution in [0.3, 0.4) is 0 Å². The van der Waals surface area contributed by atoms with Gasteiger partial charge >= 0.3 is 5.69 Å². The van der Waals surface area contributed by atoms with Crippen molar-refractivity contribution in [2.75, 3.05) is 5.32 Å². The van der Waals surface area contributed by atoms with E-state index >= 15 is 0 Å². The number of rotatable bonds is 5. The predicted molar refractivity (Wildman–Crippen MR) is 95.7 cm³/mol. The van der Waals surface area contributed by atoms with E-state index in [1.165, 1.54) is 22.1 Å². The summed E-state index contributed by atoms with van der Waals surface area (Å²) in [5.41, 5.74) is 2.39. The van der Waals surface area contributed by atoms with Crippen LogP contribution in [0.4, 0.5) is 5.69 Å². The molecule has 0 aliphatic carbocycles. The Morgan fingerprint density at radius 3 is 2.96 bits per heavy atom. The van der Waals surface area contributed by atoms with Crippen molar-refractivity contribution in [3.63, 3.8) is 0 Å². The van der Waals surface area contributed by atoms with E-state index in [-0.39, 0.29) is 11.6 Å². The van der Waals surface area contributed by atoms with Gasteiger partial charge in [0.15, 0.2) is 0 Å². The first-order valence-corrected chi connectivity index (χ1v) is 8.53. The fourth-order valence-electron chi connectivity index (χ4n) is 2.45. The van der Waals surface area contributed by atoms with Crippen molar-refractivity contribution in [1.29, 1.82) is 0 Å². The molecule has 1 aromatic carbocycles. The van der Waals surface area contributed by atoms with E-state index in [4.69, 9.17) is 0 Å². The zero-order valence-electron chi connectivity index (χ0n) is 13.2. The maximum atomic E-state index is 12.4. The number of carbonyl (C=O) groups excluding carboxylic acids is 1. The summed E-state index contributed by atoms with van der Waals surface area (Å²) in [7, 11) is 0. The molecule has 0 saturated carbocycles. The highest BCUT2D eigenvalue weighted by Gasteiger charge is 2.12. The van der Waals surface area contributed by atoms with E-state index < -0.39 is 0 Å². The number of nitrogens with zero attached hydrogens (tertiary/aromatic N) is 2. The average Bonchev–Trinajstić information content (AvgIpc) is 3.06. The quantitative estimate of drug-likeness (QED) is 0.776. The van der Waals surface area contributed by atoms with Gasteiger partial charge in [0, 0.05) is 18.1 Å². The molecule has 5 nitrogen and oxygen atoms in total. The lowest BCUT2D eigenvalue weighted by molar-refractivity contribution is 0.103. The van der Waals surface area contributed by atoms with Gasteiger partial charge in [-0.05, 0) is 47.2 Å². The van der Waals surface area contributed by atoms with Crippen LogP contribution in [0.1, 0.15) is 27.7 Å². The van der Waals surface area contributed by atoms with E-state index in [1.807, 2.05) is 42.6 Å². The molecule has 0 bridgehead atoms. The number of anilines is 1. The molecular weight excluding hydrogens is 322 g/mol. The zero-order chi connectivity index (χ0) is 16.9. The van der Waals surface area contributed by atoms with Gasteiger partial charge in [-0.15, -0.1) is 11.3 Å². The van der Waals surface area contributed by atoms with Crippen LogP contribution in [0.25, 0.3) is 0 Å². The Kier molecular flexibility index (Phi) is 4.86. The first kappa shape index (κ1) is 16.1. The van der Waals surface area contributed by atoms with E-state index in [9.17, 15) is 9.59 Å². The molecule has 1 amide bonds. The number of benzene rings is 1. The van der Waals surface area contributed by atoms with Gasteiger partial charge in [0.1, 0.15) is 0 Å². The normalized spacial score (nSPS) is 10.5. The number of amides is 1. The lowest BCUT2D eigenvalue weighted by atomic mass is 10.1. The second kappa shape index (κ2) is 7.23. The Labute approximate surface area is 143 Å². The molecule has 2 aromatic heterocycles. The van der Waals surface area contributed by atoms with Crippen LogP contribution in [0.5, 0.6) is 0 Å². The molecule has 122 valence electrons. The highest BCUT2D eigenvalue weighted by atomic mass is 32.1. The van der Waals surface area contributed by atoms with Crippen LogP contribution < -0.4 is 11.0 Å². The van der Waals surface area contributed by atoms with Crippen molar-refractivity contribution in [3.8, 4) is 0 Å². The van der Waals surface area contributed by atoms with Crippen molar-refractivity contribution >= 4 is 22.9 Å². The van der Waals surface area contributed by atoms with Crippen molar-refractivity contribution < 1.29 is 4.79 Å². The summed E-state index contributed by atoms with van der Waals surface area (Å²) in [5, 5.41) is 4.86. The molecule has 0 aliphatic rings. The number of aromatic nitrogens is 2. The highest BCUT2D eigenvalue weighted by Crippen LogP contribution is 2.20. The number of thiophene rings is 1. The summed E-state index contributed by atoms with van der Waals surface area (Å²) in [6, 6.07) is 11.2. The average molecular weight is 339 g/mol. The van der Waals surface area contributed by atoms with Crippen LogP contribution >= 0.6 is 11.3 Å².